The fourth-order valence-electron chi connectivity index (χ4n) is 2.28. The summed E-state index contributed by atoms with van der Waals surface area (Å²) in [6.07, 6.45) is 1.49. The summed E-state index contributed by atoms with van der Waals surface area (Å²) in [4.78, 5) is 12.1. The number of sulfonamides is 1. The Hall–Kier alpha value is -1.60. The second-order valence-electron chi connectivity index (χ2n) is 6.14. The number of nitrogens with one attached hydrogen (secondary N) is 1. The molecule has 0 spiro atoms. The molecule has 6 nitrogen and oxygen atoms in total. The molecule has 1 aliphatic heterocycles. The Labute approximate surface area is 131 Å². The van der Waals surface area contributed by atoms with Gasteiger partial charge in [-0.3, -0.25) is 9.10 Å². The van der Waals surface area contributed by atoms with E-state index in [0.717, 1.165) is 6.42 Å². The number of benzene rings is 1. The molecule has 0 unspecified atom stereocenters. The van der Waals surface area contributed by atoms with Crippen LogP contribution >= 0.6 is 0 Å². The van der Waals surface area contributed by atoms with E-state index in [2.05, 4.69) is 5.32 Å². The number of aliphatic hydroxyl groups is 1. The zero-order chi connectivity index (χ0) is 16.4. The van der Waals surface area contributed by atoms with Crippen molar-refractivity contribution in [3.8, 4) is 0 Å². The number of rotatable bonds is 4. The minimum atomic E-state index is -3.29. The molecule has 1 aliphatic rings. The van der Waals surface area contributed by atoms with Gasteiger partial charge in [0, 0.05) is 18.7 Å². The summed E-state index contributed by atoms with van der Waals surface area (Å²) < 4.78 is 25.6. The van der Waals surface area contributed by atoms with Crippen LogP contribution in [-0.4, -0.2) is 43.9 Å². The topological polar surface area (TPSA) is 86.7 Å². The Balaban J connectivity index is 2.18. The van der Waals surface area contributed by atoms with Gasteiger partial charge in [-0.05, 0) is 44.9 Å². The molecule has 0 aromatic heterocycles. The van der Waals surface area contributed by atoms with Crippen LogP contribution in [0.15, 0.2) is 24.3 Å². The number of nitrogens with zero attached hydrogens (tertiary/aromatic N) is 1. The zero-order valence-electron chi connectivity index (χ0n) is 12.9. The molecule has 1 heterocycles. The third kappa shape index (κ3) is 4.20. The predicted octanol–water partition coefficient (Wildman–Crippen LogP) is 1.12. The normalized spacial score (nSPS) is 18.0. The lowest BCUT2D eigenvalue weighted by Crippen LogP contribution is -2.39. The molecule has 0 aliphatic carbocycles. The lowest BCUT2D eigenvalue weighted by molar-refractivity contribution is 0.0694. The van der Waals surface area contributed by atoms with E-state index >= 15 is 0 Å². The van der Waals surface area contributed by atoms with Crippen molar-refractivity contribution < 1.29 is 18.3 Å². The maximum absolute atomic E-state index is 12.1. The second kappa shape index (κ2) is 6.26. The van der Waals surface area contributed by atoms with E-state index < -0.39 is 15.6 Å². The minimum Gasteiger partial charge on any atom is -0.389 e. The monoisotopic (exact) mass is 326 g/mol. The molecular weight excluding hydrogens is 304 g/mol. The van der Waals surface area contributed by atoms with Crippen molar-refractivity contribution in [1.82, 2.24) is 5.32 Å². The Kier molecular flexibility index (Phi) is 4.77. The molecule has 0 saturated carbocycles. The number of hydrogen-bond donors (Lipinski definition) is 2. The van der Waals surface area contributed by atoms with Gasteiger partial charge < -0.3 is 10.4 Å². The average molecular weight is 326 g/mol. The van der Waals surface area contributed by atoms with E-state index in [1.165, 1.54) is 4.31 Å². The summed E-state index contributed by atoms with van der Waals surface area (Å²) >= 11 is 0. The number of hydrogen-bond acceptors (Lipinski definition) is 4. The Morgan fingerprint density at radius 3 is 2.73 bits per heavy atom. The van der Waals surface area contributed by atoms with Gasteiger partial charge in [0.1, 0.15) is 0 Å². The zero-order valence-corrected chi connectivity index (χ0v) is 13.7. The summed E-state index contributed by atoms with van der Waals surface area (Å²) in [5, 5.41) is 12.3. The van der Waals surface area contributed by atoms with Gasteiger partial charge in [-0.25, -0.2) is 8.42 Å². The standard InChI is InChI=1S/C15H22N2O4S/c1-15(2,19)11-16-14(18)12-6-5-7-13(10-12)17-8-3-4-9-22(17,20)21/h5-7,10,19H,3-4,8-9,11H2,1-2H3,(H,16,18). The molecule has 0 bridgehead atoms. The molecule has 1 aromatic rings. The van der Waals surface area contributed by atoms with Crippen LogP contribution in [0, 0.1) is 0 Å². The molecular formula is C15H22N2O4S. The fraction of sp³-hybridized carbons (Fsp3) is 0.533. The van der Waals surface area contributed by atoms with Crippen LogP contribution in [0.2, 0.25) is 0 Å². The summed E-state index contributed by atoms with van der Waals surface area (Å²) in [7, 11) is -3.29. The molecule has 0 atom stereocenters. The van der Waals surface area contributed by atoms with Gasteiger partial charge in [-0.15, -0.1) is 0 Å². The van der Waals surface area contributed by atoms with Gasteiger partial charge in [0.15, 0.2) is 0 Å². The minimum absolute atomic E-state index is 0.123. The van der Waals surface area contributed by atoms with Crippen LogP contribution in [0.5, 0.6) is 0 Å². The van der Waals surface area contributed by atoms with Crippen LogP contribution in [0.3, 0.4) is 0 Å². The van der Waals surface area contributed by atoms with Gasteiger partial charge in [-0.2, -0.15) is 0 Å². The average Bonchev–Trinajstić information content (AvgIpc) is 2.43. The van der Waals surface area contributed by atoms with Crippen molar-refractivity contribution in [1.29, 1.82) is 0 Å². The van der Waals surface area contributed by atoms with E-state index in [9.17, 15) is 18.3 Å². The third-order valence-electron chi connectivity index (χ3n) is 3.43. The SMILES string of the molecule is CC(C)(O)CNC(=O)c1cccc(N2CCCCS2(=O)=O)c1. The highest BCUT2D eigenvalue weighted by molar-refractivity contribution is 7.92. The van der Waals surface area contributed by atoms with Crippen molar-refractivity contribution in [3.05, 3.63) is 29.8 Å². The first-order valence-corrected chi connectivity index (χ1v) is 8.91. The Morgan fingerprint density at radius 1 is 1.36 bits per heavy atom. The lowest BCUT2D eigenvalue weighted by atomic mass is 10.1. The van der Waals surface area contributed by atoms with Gasteiger partial charge in [0.05, 0.1) is 17.0 Å². The smallest absolute Gasteiger partial charge is 0.251 e. The van der Waals surface area contributed by atoms with Crippen molar-refractivity contribution in [3.63, 3.8) is 0 Å². The van der Waals surface area contributed by atoms with E-state index in [-0.39, 0.29) is 18.2 Å². The molecule has 22 heavy (non-hydrogen) atoms. The van der Waals surface area contributed by atoms with Gasteiger partial charge in [0.2, 0.25) is 10.0 Å². The van der Waals surface area contributed by atoms with Crippen LogP contribution in [0.1, 0.15) is 37.0 Å². The first-order chi connectivity index (χ1) is 10.2. The van der Waals surface area contributed by atoms with Gasteiger partial charge in [-0.1, -0.05) is 6.07 Å². The first-order valence-electron chi connectivity index (χ1n) is 7.30. The predicted molar refractivity (Wildman–Crippen MR) is 85.4 cm³/mol. The van der Waals surface area contributed by atoms with Crippen LogP contribution in [0.4, 0.5) is 5.69 Å². The quantitative estimate of drug-likeness (QED) is 0.868. The number of carbonyl (C=O) groups is 1. The summed E-state index contributed by atoms with van der Waals surface area (Å²) in [5.41, 5.74) is -0.109. The molecule has 1 saturated heterocycles. The molecule has 2 N–H and O–H groups in total. The van der Waals surface area contributed by atoms with E-state index in [1.807, 2.05) is 0 Å². The van der Waals surface area contributed by atoms with Crippen LogP contribution in [-0.2, 0) is 10.0 Å². The highest BCUT2D eigenvalue weighted by atomic mass is 32.2. The molecule has 1 fully saturated rings. The molecule has 1 amide bonds. The number of anilines is 1. The maximum atomic E-state index is 12.1. The number of carbonyl (C=O) groups excluding carboxylic acids is 1. The highest BCUT2D eigenvalue weighted by Crippen LogP contribution is 2.24. The lowest BCUT2D eigenvalue weighted by Gasteiger charge is -2.28. The molecule has 1 aromatic carbocycles. The maximum Gasteiger partial charge on any atom is 0.251 e. The van der Waals surface area contributed by atoms with Crippen LogP contribution in [0.25, 0.3) is 0 Å². The fourth-order valence-corrected chi connectivity index (χ4v) is 3.91. The van der Waals surface area contributed by atoms with Crippen molar-refractivity contribution >= 4 is 21.6 Å². The van der Waals surface area contributed by atoms with Crippen molar-refractivity contribution in [2.75, 3.05) is 23.1 Å². The third-order valence-corrected chi connectivity index (χ3v) is 5.30. The highest BCUT2D eigenvalue weighted by Gasteiger charge is 2.26. The van der Waals surface area contributed by atoms with E-state index in [1.54, 1.807) is 38.1 Å². The Bertz CT molecular complexity index is 650. The van der Waals surface area contributed by atoms with E-state index in [0.29, 0.717) is 24.2 Å². The molecule has 7 heteroatoms. The number of amides is 1. The first kappa shape index (κ1) is 16.8. The van der Waals surface area contributed by atoms with Crippen LogP contribution < -0.4 is 9.62 Å². The largest absolute Gasteiger partial charge is 0.389 e. The van der Waals surface area contributed by atoms with E-state index in [4.69, 9.17) is 0 Å². The Morgan fingerprint density at radius 2 is 2.09 bits per heavy atom. The van der Waals surface area contributed by atoms with Crippen molar-refractivity contribution in [2.45, 2.75) is 32.3 Å². The summed E-state index contributed by atoms with van der Waals surface area (Å²) in [5.74, 6) is -0.194. The molecule has 0 radical (unpaired) electrons. The second-order valence-corrected chi connectivity index (χ2v) is 8.15. The van der Waals surface area contributed by atoms with Gasteiger partial charge in [0.25, 0.3) is 5.91 Å². The van der Waals surface area contributed by atoms with Crippen molar-refractivity contribution in [2.24, 2.45) is 0 Å². The molecule has 122 valence electrons. The summed E-state index contributed by atoms with van der Waals surface area (Å²) in [6, 6.07) is 6.55. The molecule has 2 rings (SSSR count). The summed E-state index contributed by atoms with van der Waals surface area (Å²) in [6.45, 7) is 3.77. The van der Waals surface area contributed by atoms with Gasteiger partial charge >= 0.3 is 0 Å².